The van der Waals surface area contributed by atoms with Gasteiger partial charge in [-0.25, -0.2) is 17.5 Å². The number of hydrogen-bond donors (Lipinski definition) is 2. The van der Waals surface area contributed by atoms with E-state index >= 15 is 0 Å². The first-order valence-corrected chi connectivity index (χ1v) is 8.13. The number of rotatable bonds is 6. The zero-order valence-electron chi connectivity index (χ0n) is 11.8. The summed E-state index contributed by atoms with van der Waals surface area (Å²) < 4.78 is 51.0. The van der Waals surface area contributed by atoms with Crippen molar-refractivity contribution in [3.63, 3.8) is 0 Å². The number of benzene rings is 1. The molecule has 0 aromatic heterocycles. The van der Waals surface area contributed by atoms with Crippen LogP contribution in [-0.2, 0) is 26.0 Å². The van der Waals surface area contributed by atoms with Gasteiger partial charge in [-0.3, -0.25) is 0 Å². The third kappa shape index (κ3) is 4.45. The van der Waals surface area contributed by atoms with Gasteiger partial charge in [-0.2, -0.15) is 0 Å². The van der Waals surface area contributed by atoms with Crippen LogP contribution in [0.15, 0.2) is 23.1 Å². The minimum absolute atomic E-state index is 0.0536. The van der Waals surface area contributed by atoms with Crippen LogP contribution >= 0.6 is 0 Å². The van der Waals surface area contributed by atoms with Crippen LogP contribution in [0.1, 0.15) is 5.56 Å². The molecular weight excluding hydrogens is 299 g/mol. The molecule has 1 aromatic carbocycles. The molecule has 1 heterocycles. The van der Waals surface area contributed by atoms with Crippen molar-refractivity contribution >= 4 is 10.0 Å². The molecule has 1 aliphatic heterocycles. The molecule has 2 rings (SSSR count). The number of halogens is 1. The molecule has 1 saturated heterocycles. The summed E-state index contributed by atoms with van der Waals surface area (Å²) in [5.41, 5.74) is 0.691. The molecule has 118 valence electrons. The third-order valence-electron chi connectivity index (χ3n) is 3.05. The fourth-order valence-electron chi connectivity index (χ4n) is 2.00. The van der Waals surface area contributed by atoms with Crippen LogP contribution < -0.4 is 10.0 Å². The Morgan fingerprint density at radius 2 is 2.19 bits per heavy atom. The summed E-state index contributed by atoms with van der Waals surface area (Å²) in [5.74, 6) is -0.775. The summed E-state index contributed by atoms with van der Waals surface area (Å²) in [6, 6.07) is 4.02. The average Bonchev–Trinajstić information content (AvgIpc) is 2.48. The van der Waals surface area contributed by atoms with Crippen LogP contribution in [-0.4, -0.2) is 47.9 Å². The number of nitrogens with one attached hydrogen (secondary N) is 2. The van der Waals surface area contributed by atoms with Crippen molar-refractivity contribution in [1.82, 2.24) is 10.0 Å². The first-order chi connectivity index (χ1) is 10.0. The molecule has 1 atom stereocenters. The van der Waals surface area contributed by atoms with E-state index in [-0.39, 0.29) is 17.5 Å². The molecule has 1 aromatic rings. The maximum atomic E-state index is 13.8. The van der Waals surface area contributed by atoms with Crippen LogP contribution in [0.2, 0.25) is 0 Å². The van der Waals surface area contributed by atoms with Crippen molar-refractivity contribution in [2.45, 2.75) is 17.5 Å². The van der Waals surface area contributed by atoms with Crippen molar-refractivity contribution in [1.29, 1.82) is 0 Å². The van der Waals surface area contributed by atoms with Gasteiger partial charge in [0.05, 0.1) is 25.9 Å². The second-order valence-electron chi connectivity index (χ2n) is 4.71. The van der Waals surface area contributed by atoms with Crippen LogP contribution in [0.5, 0.6) is 0 Å². The fraction of sp³-hybridized carbons (Fsp3) is 0.538. The number of hydrogen-bond acceptors (Lipinski definition) is 5. The van der Waals surface area contributed by atoms with Crippen LogP contribution in [0, 0.1) is 5.82 Å². The van der Waals surface area contributed by atoms with Crippen molar-refractivity contribution < 1.29 is 22.3 Å². The average molecular weight is 318 g/mol. The summed E-state index contributed by atoms with van der Waals surface area (Å²) in [6.45, 7) is 1.77. The smallest absolute Gasteiger partial charge is 0.243 e. The molecule has 0 aliphatic carbocycles. The Balaban J connectivity index is 2.08. The lowest BCUT2D eigenvalue weighted by Crippen LogP contribution is -2.39. The Hall–Kier alpha value is -1.06. The van der Waals surface area contributed by atoms with E-state index in [0.717, 1.165) is 6.07 Å². The molecule has 8 heteroatoms. The molecule has 1 unspecified atom stereocenters. The molecule has 1 fully saturated rings. The van der Waals surface area contributed by atoms with Crippen LogP contribution in [0.3, 0.4) is 0 Å². The summed E-state index contributed by atoms with van der Waals surface area (Å²) in [6.07, 6.45) is -0.350. The predicted octanol–water partition coefficient (Wildman–Crippen LogP) is 0.239. The molecule has 0 bridgehead atoms. The molecule has 21 heavy (non-hydrogen) atoms. The van der Waals surface area contributed by atoms with Gasteiger partial charge in [-0.1, -0.05) is 6.07 Å². The maximum Gasteiger partial charge on any atom is 0.243 e. The van der Waals surface area contributed by atoms with E-state index in [1.807, 2.05) is 0 Å². The van der Waals surface area contributed by atoms with E-state index in [2.05, 4.69) is 10.0 Å². The van der Waals surface area contributed by atoms with Gasteiger partial charge in [0.1, 0.15) is 10.7 Å². The van der Waals surface area contributed by atoms with Gasteiger partial charge in [-0.05, 0) is 24.7 Å². The van der Waals surface area contributed by atoms with Crippen molar-refractivity contribution in [2.24, 2.45) is 0 Å². The highest BCUT2D eigenvalue weighted by Crippen LogP contribution is 2.16. The summed E-state index contributed by atoms with van der Waals surface area (Å²) >= 11 is 0. The molecule has 0 spiro atoms. The van der Waals surface area contributed by atoms with E-state index in [9.17, 15) is 12.8 Å². The van der Waals surface area contributed by atoms with Gasteiger partial charge in [0.2, 0.25) is 10.0 Å². The lowest BCUT2D eigenvalue weighted by Gasteiger charge is -2.23. The highest BCUT2D eigenvalue weighted by atomic mass is 32.2. The topological polar surface area (TPSA) is 76.7 Å². The van der Waals surface area contributed by atoms with Crippen molar-refractivity contribution in [3.8, 4) is 0 Å². The van der Waals surface area contributed by atoms with E-state index in [4.69, 9.17) is 9.47 Å². The quantitative estimate of drug-likeness (QED) is 0.786. The van der Waals surface area contributed by atoms with E-state index in [1.165, 1.54) is 6.07 Å². The number of ether oxygens (including phenoxy) is 2. The van der Waals surface area contributed by atoms with E-state index in [1.54, 1.807) is 13.1 Å². The summed E-state index contributed by atoms with van der Waals surface area (Å²) in [5, 5.41) is 2.89. The van der Waals surface area contributed by atoms with Crippen LogP contribution in [0.25, 0.3) is 0 Å². The Bertz CT molecular complexity index is 574. The SMILES string of the molecule is CNCc1ccc(F)c(S(=O)(=O)NCC2COCCO2)c1. The lowest BCUT2D eigenvalue weighted by atomic mass is 10.2. The standard InChI is InChI=1S/C13H19FN2O4S/c1-15-7-10-2-3-12(14)13(6-10)21(17,18)16-8-11-9-19-4-5-20-11/h2-3,6,11,15-16H,4-5,7-9H2,1H3. The monoisotopic (exact) mass is 318 g/mol. The highest BCUT2D eigenvalue weighted by molar-refractivity contribution is 7.89. The van der Waals surface area contributed by atoms with Gasteiger partial charge in [-0.15, -0.1) is 0 Å². The van der Waals surface area contributed by atoms with Crippen molar-refractivity contribution in [3.05, 3.63) is 29.6 Å². The molecule has 0 saturated carbocycles. The fourth-order valence-corrected chi connectivity index (χ4v) is 3.19. The number of sulfonamides is 1. The van der Waals surface area contributed by atoms with E-state index < -0.39 is 15.8 Å². The zero-order valence-corrected chi connectivity index (χ0v) is 12.6. The third-order valence-corrected chi connectivity index (χ3v) is 4.49. The Labute approximate surface area is 123 Å². The highest BCUT2D eigenvalue weighted by Gasteiger charge is 2.22. The molecule has 6 nitrogen and oxygen atoms in total. The van der Waals surface area contributed by atoms with Crippen molar-refractivity contribution in [2.75, 3.05) is 33.4 Å². The Kier molecular flexibility index (Phi) is 5.65. The Morgan fingerprint density at radius 1 is 1.38 bits per heavy atom. The first-order valence-electron chi connectivity index (χ1n) is 6.65. The summed E-state index contributed by atoms with van der Waals surface area (Å²) in [7, 11) is -2.19. The lowest BCUT2D eigenvalue weighted by molar-refractivity contribution is -0.0847. The van der Waals surface area contributed by atoms with Gasteiger partial charge in [0, 0.05) is 13.1 Å². The molecule has 0 amide bonds. The van der Waals surface area contributed by atoms with Crippen LogP contribution in [0.4, 0.5) is 4.39 Å². The van der Waals surface area contributed by atoms with Gasteiger partial charge < -0.3 is 14.8 Å². The summed E-state index contributed by atoms with van der Waals surface area (Å²) in [4.78, 5) is -0.355. The largest absolute Gasteiger partial charge is 0.376 e. The molecular formula is C13H19FN2O4S. The first kappa shape index (κ1) is 16.3. The second kappa shape index (κ2) is 7.28. The predicted molar refractivity (Wildman–Crippen MR) is 74.9 cm³/mol. The van der Waals surface area contributed by atoms with Gasteiger partial charge in [0.25, 0.3) is 0 Å². The molecule has 1 aliphatic rings. The molecule has 0 radical (unpaired) electrons. The Morgan fingerprint density at radius 3 is 2.86 bits per heavy atom. The zero-order chi connectivity index (χ0) is 15.3. The van der Waals surface area contributed by atoms with E-state index in [0.29, 0.717) is 31.9 Å². The minimum atomic E-state index is -3.92. The second-order valence-corrected chi connectivity index (χ2v) is 6.45. The van der Waals surface area contributed by atoms with Gasteiger partial charge >= 0.3 is 0 Å². The normalized spacial score (nSPS) is 19.6. The maximum absolute atomic E-state index is 13.8. The molecule has 2 N–H and O–H groups in total. The minimum Gasteiger partial charge on any atom is -0.376 e. The van der Waals surface area contributed by atoms with Gasteiger partial charge in [0.15, 0.2) is 0 Å².